The third-order valence-corrected chi connectivity index (χ3v) is 7.08. The minimum absolute atomic E-state index is 0.0248. The number of para-hydroxylation sites is 1. The highest BCUT2D eigenvalue weighted by molar-refractivity contribution is 5.94. The van der Waals surface area contributed by atoms with Crippen molar-refractivity contribution in [3.05, 3.63) is 77.2 Å². The zero-order valence-electron chi connectivity index (χ0n) is 21.2. The van der Waals surface area contributed by atoms with E-state index in [4.69, 9.17) is 5.10 Å². The maximum atomic E-state index is 13.6. The number of anilines is 1. The number of hydrogen-bond donors (Lipinski definition) is 0. The van der Waals surface area contributed by atoms with E-state index in [2.05, 4.69) is 42.7 Å². The first-order chi connectivity index (χ1) is 16.9. The van der Waals surface area contributed by atoms with E-state index in [1.54, 1.807) is 12.1 Å². The van der Waals surface area contributed by atoms with E-state index < -0.39 is 0 Å². The summed E-state index contributed by atoms with van der Waals surface area (Å²) in [5.41, 5.74) is 3.49. The van der Waals surface area contributed by atoms with Gasteiger partial charge in [-0.25, -0.2) is 9.07 Å². The highest BCUT2D eigenvalue weighted by Crippen LogP contribution is 2.31. The van der Waals surface area contributed by atoms with Gasteiger partial charge in [0.2, 0.25) is 0 Å². The second kappa shape index (κ2) is 11.0. The Hall–Kier alpha value is -3.19. The molecule has 1 aromatic heterocycles. The van der Waals surface area contributed by atoms with Gasteiger partial charge in [0, 0.05) is 43.3 Å². The van der Waals surface area contributed by atoms with Crippen LogP contribution in [0.1, 0.15) is 48.8 Å². The molecule has 2 heterocycles. The van der Waals surface area contributed by atoms with Gasteiger partial charge in [-0.15, -0.1) is 0 Å². The van der Waals surface area contributed by atoms with Crippen LogP contribution in [0.25, 0.3) is 5.69 Å². The lowest BCUT2D eigenvalue weighted by molar-refractivity contribution is 0.0671. The van der Waals surface area contributed by atoms with Crippen LogP contribution in [0.5, 0.6) is 0 Å². The zero-order valence-corrected chi connectivity index (χ0v) is 21.2. The summed E-state index contributed by atoms with van der Waals surface area (Å²) in [6.07, 6.45) is 0.823. The summed E-state index contributed by atoms with van der Waals surface area (Å²) < 4.78 is 15.5. The number of carbonyl (C=O) groups excluding carboxylic acids is 1. The fraction of sp³-hybridized carbons (Fsp3) is 0.429. The number of nitrogens with zero attached hydrogens (tertiary/aromatic N) is 5. The van der Waals surface area contributed by atoms with Crippen LogP contribution >= 0.6 is 0 Å². The summed E-state index contributed by atoms with van der Waals surface area (Å²) in [7, 11) is 0. The molecule has 1 amide bonds. The minimum atomic E-state index is -0.342. The van der Waals surface area contributed by atoms with Crippen molar-refractivity contribution in [3.63, 3.8) is 0 Å². The molecule has 1 aliphatic heterocycles. The van der Waals surface area contributed by atoms with Gasteiger partial charge in [-0.1, -0.05) is 32.0 Å². The predicted molar refractivity (Wildman–Crippen MR) is 139 cm³/mol. The Morgan fingerprint density at radius 3 is 2.29 bits per heavy atom. The van der Waals surface area contributed by atoms with Gasteiger partial charge in [0.1, 0.15) is 11.6 Å². The molecular weight excluding hydrogens is 441 g/mol. The minimum Gasteiger partial charge on any atom is -0.354 e. The fourth-order valence-corrected chi connectivity index (χ4v) is 4.66. The Morgan fingerprint density at radius 2 is 1.69 bits per heavy atom. The Balaban J connectivity index is 1.74. The topological polar surface area (TPSA) is 44.6 Å². The average Bonchev–Trinajstić information content (AvgIpc) is 3.23. The van der Waals surface area contributed by atoms with Gasteiger partial charge in [-0.2, -0.15) is 5.10 Å². The highest BCUT2D eigenvalue weighted by Gasteiger charge is 2.29. The molecule has 3 aromatic rings. The molecule has 0 aliphatic carbocycles. The summed E-state index contributed by atoms with van der Waals surface area (Å²) in [6, 6.07) is 16.0. The van der Waals surface area contributed by atoms with Crippen molar-refractivity contribution in [2.75, 3.05) is 37.6 Å². The number of benzene rings is 2. The van der Waals surface area contributed by atoms with Crippen LogP contribution in [0, 0.1) is 12.7 Å². The third-order valence-electron chi connectivity index (χ3n) is 7.08. The molecule has 4 rings (SSSR count). The Labute approximate surface area is 207 Å². The second-order valence-electron chi connectivity index (χ2n) is 9.25. The number of amides is 1. The molecule has 2 aromatic carbocycles. The van der Waals surface area contributed by atoms with Crippen LogP contribution in [-0.2, 0) is 6.54 Å². The van der Waals surface area contributed by atoms with Crippen LogP contribution in [0.4, 0.5) is 10.2 Å². The number of piperazine rings is 1. The zero-order chi connectivity index (χ0) is 24.9. The van der Waals surface area contributed by atoms with Crippen LogP contribution < -0.4 is 4.90 Å². The molecule has 0 spiro atoms. The van der Waals surface area contributed by atoms with E-state index in [0.717, 1.165) is 61.9 Å². The van der Waals surface area contributed by atoms with Gasteiger partial charge in [0.25, 0.3) is 5.91 Å². The van der Waals surface area contributed by atoms with Crippen LogP contribution in [0.2, 0.25) is 0 Å². The Kier molecular flexibility index (Phi) is 7.86. The molecule has 1 unspecified atom stereocenters. The number of rotatable bonds is 8. The average molecular weight is 478 g/mol. The summed E-state index contributed by atoms with van der Waals surface area (Å²) >= 11 is 0. The molecule has 0 bridgehead atoms. The van der Waals surface area contributed by atoms with Crippen molar-refractivity contribution in [3.8, 4) is 5.69 Å². The van der Waals surface area contributed by atoms with E-state index in [1.807, 2.05) is 34.7 Å². The summed E-state index contributed by atoms with van der Waals surface area (Å²) in [4.78, 5) is 20.3. The van der Waals surface area contributed by atoms with Gasteiger partial charge in [0.05, 0.1) is 17.9 Å². The maximum Gasteiger partial charge on any atom is 0.254 e. The van der Waals surface area contributed by atoms with Crippen LogP contribution in [0.3, 0.4) is 0 Å². The lowest BCUT2D eigenvalue weighted by atomic mass is 10.1. The quantitative estimate of drug-likeness (QED) is 0.463. The lowest BCUT2D eigenvalue weighted by Crippen LogP contribution is -2.47. The van der Waals surface area contributed by atoms with Gasteiger partial charge in [-0.05, 0) is 63.2 Å². The van der Waals surface area contributed by atoms with Crippen molar-refractivity contribution in [2.24, 2.45) is 0 Å². The first kappa shape index (κ1) is 24.9. The molecule has 0 radical (unpaired) electrons. The van der Waals surface area contributed by atoms with Crippen molar-refractivity contribution >= 4 is 11.7 Å². The Bertz CT molecular complexity index is 1120. The van der Waals surface area contributed by atoms with E-state index in [1.165, 1.54) is 12.1 Å². The van der Waals surface area contributed by atoms with E-state index >= 15 is 0 Å². The normalized spacial score (nSPS) is 15.3. The molecule has 186 valence electrons. The fourth-order valence-electron chi connectivity index (χ4n) is 4.66. The second-order valence-corrected chi connectivity index (χ2v) is 9.25. The van der Waals surface area contributed by atoms with E-state index in [0.29, 0.717) is 12.1 Å². The number of likely N-dealkylation sites (N-methyl/N-ethyl adjacent to an activating group) is 1. The van der Waals surface area contributed by atoms with E-state index in [9.17, 15) is 9.18 Å². The van der Waals surface area contributed by atoms with Gasteiger partial charge >= 0.3 is 0 Å². The number of aryl methyl sites for hydroxylation is 1. The monoisotopic (exact) mass is 477 g/mol. The van der Waals surface area contributed by atoms with Gasteiger partial charge < -0.3 is 14.7 Å². The number of aromatic nitrogens is 2. The van der Waals surface area contributed by atoms with Gasteiger partial charge in [0.15, 0.2) is 0 Å². The van der Waals surface area contributed by atoms with Crippen molar-refractivity contribution < 1.29 is 9.18 Å². The molecule has 35 heavy (non-hydrogen) atoms. The molecule has 0 saturated carbocycles. The van der Waals surface area contributed by atoms with Crippen molar-refractivity contribution in [1.82, 2.24) is 19.6 Å². The largest absolute Gasteiger partial charge is 0.354 e. The van der Waals surface area contributed by atoms with Gasteiger partial charge in [-0.3, -0.25) is 4.79 Å². The lowest BCUT2D eigenvalue weighted by Gasteiger charge is -2.37. The smallest absolute Gasteiger partial charge is 0.254 e. The molecule has 0 N–H and O–H groups in total. The SMILES string of the molecule is CCC(C)N(Cc1c(C)nn(-c2ccccc2)c1N1CCN(CC)CC1)C(=O)c1ccc(F)cc1. The number of halogens is 1. The van der Waals surface area contributed by atoms with Crippen molar-refractivity contribution in [2.45, 2.75) is 46.7 Å². The summed E-state index contributed by atoms with van der Waals surface area (Å²) in [5.74, 6) is 0.628. The molecular formula is C28H36FN5O. The molecule has 1 aliphatic rings. The highest BCUT2D eigenvalue weighted by atomic mass is 19.1. The molecule has 7 heteroatoms. The first-order valence-corrected chi connectivity index (χ1v) is 12.6. The molecule has 1 atom stereocenters. The molecule has 1 saturated heterocycles. The number of carbonyl (C=O) groups is 1. The summed E-state index contributed by atoms with van der Waals surface area (Å²) in [6.45, 7) is 13.7. The first-order valence-electron chi connectivity index (χ1n) is 12.6. The Morgan fingerprint density at radius 1 is 1.03 bits per heavy atom. The molecule has 1 fully saturated rings. The van der Waals surface area contributed by atoms with Crippen LogP contribution in [-0.4, -0.2) is 64.3 Å². The standard InChI is InChI=1S/C28H36FN5O/c1-5-21(3)33(28(35)23-12-14-24(29)15-13-23)20-26-22(4)30-34(25-10-8-7-9-11-25)27(26)32-18-16-31(6-2)17-19-32/h7-15,21H,5-6,16-20H2,1-4H3. The maximum absolute atomic E-state index is 13.6. The number of hydrogen-bond acceptors (Lipinski definition) is 4. The molecule has 6 nitrogen and oxygen atoms in total. The van der Waals surface area contributed by atoms with Crippen molar-refractivity contribution in [1.29, 1.82) is 0 Å². The predicted octanol–water partition coefficient (Wildman–Crippen LogP) is 4.90. The van der Waals surface area contributed by atoms with E-state index in [-0.39, 0.29) is 17.8 Å². The summed E-state index contributed by atoms with van der Waals surface area (Å²) in [5, 5.41) is 4.95. The van der Waals surface area contributed by atoms with Crippen LogP contribution in [0.15, 0.2) is 54.6 Å². The third kappa shape index (κ3) is 5.40.